The molecule has 10 nitrogen and oxygen atoms in total. The monoisotopic (exact) mass is 756 g/mol. The molecule has 198 valence electrons. The first-order valence-corrected chi connectivity index (χ1v) is 14.7. The molecular formula is C24H13Br3Cl2N6O4. The van der Waals surface area contributed by atoms with Crippen LogP contribution < -0.4 is 31.6 Å². The Hall–Kier alpha value is -2.58. The molecule has 0 saturated heterocycles. The number of benzene rings is 3. The maximum absolute atomic E-state index is 12.5. The van der Waals surface area contributed by atoms with Crippen molar-refractivity contribution in [2.75, 3.05) is 0 Å². The Morgan fingerprint density at radius 2 is 1.36 bits per heavy atom. The van der Waals surface area contributed by atoms with E-state index < -0.39 is 0 Å². The Morgan fingerprint density at radius 3 is 2.03 bits per heavy atom. The van der Waals surface area contributed by atoms with Gasteiger partial charge in [-0.3, -0.25) is 9.13 Å². The highest BCUT2D eigenvalue weighted by molar-refractivity contribution is 9.11. The number of imidazole rings is 2. The molecule has 0 saturated carbocycles. The Kier molecular flexibility index (Phi) is 5.67. The molecule has 3 aromatic carbocycles. The molecule has 2 N–H and O–H groups in total. The fourth-order valence-corrected chi connectivity index (χ4v) is 7.42. The van der Waals surface area contributed by atoms with Crippen molar-refractivity contribution < 1.29 is 9.47 Å². The first-order valence-electron chi connectivity index (χ1n) is 11.6. The van der Waals surface area contributed by atoms with E-state index in [2.05, 4.69) is 57.8 Å². The maximum Gasteiger partial charge on any atom is 0.326 e. The molecule has 2 aromatic heterocycles. The van der Waals surface area contributed by atoms with E-state index in [1.807, 2.05) is 13.8 Å². The SMILES string of the molecule is CCn1c(=O)[nH]c2cc3c(c(Br)c21)Oc1c(Cl)c2c(c(Cl)c1=N3)Oc1c(c(Br)c3[nH]c(=O)n(CC)c3c1Br)N=2. The summed E-state index contributed by atoms with van der Waals surface area (Å²) in [5.74, 6) is 1.14. The molecule has 2 aliphatic rings. The lowest BCUT2D eigenvalue weighted by molar-refractivity contribution is 0.449. The third kappa shape index (κ3) is 3.30. The van der Waals surface area contributed by atoms with Gasteiger partial charge in [-0.2, -0.15) is 0 Å². The molecule has 0 bridgehead atoms. The molecule has 7 rings (SSSR count). The van der Waals surface area contributed by atoms with Crippen LogP contribution in [0.5, 0.6) is 23.0 Å². The van der Waals surface area contributed by atoms with Crippen molar-refractivity contribution >= 4 is 104 Å². The Bertz CT molecular complexity index is 2220. The summed E-state index contributed by atoms with van der Waals surface area (Å²) in [4.78, 5) is 40.2. The predicted molar refractivity (Wildman–Crippen MR) is 158 cm³/mol. The van der Waals surface area contributed by atoms with Crippen LogP contribution >= 0.6 is 71.0 Å². The van der Waals surface area contributed by atoms with Gasteiger partial charge in [0.2, 0.25) is 0 Å². The standard InChI is InChI=1S/C24H13Br3Cl2N6O4/c1-3-34-17-6(31-23(34)36)5-7-19(9(17)26)38-21-12(29)16-22(11(28)15(21)30-7)39-20-10(27)18-13(8(25)14(20)32-16)33-24(37)35(18)4-2/h5H,3-4H2,1-2H3,(H,31,36)(H,33,37). The zero-order valence-corrected chi connectivity index (χ0v) is 26.1. The van der Waals surface area contributed by atoms with E-state index in [9.17, 15) is 9.59 Å². The molecule has 0 spiro atoms. The lowest BCUT2D eigenvalue weighted by atomic mass is 10.2. The normalized spacial score (nSPS) is 13.2. The van der Waals surface area contributed by atoms with Gasteiger partial charge < -0.3 is 19.4 Å². The minimum Gasteiger partial charge on any atom is -0.450 e. The van der Waals surface area contributed by atoms with Gasteiger partial charge >= 0.3 is 11.4 Å². The van der Waals surface area contributed by atoms with Gasteiger partial charge in [0.05, 0.1) is 35.5 Å². The average Bonchev–Trinajstić information content (AvgIpc) is 3.44. The van der Waals surface area contributed by atoms with Crippen molar-refractivity contribution in [1.29, 1.82) is 0 Å². The fraction of sp³-hybridized carbons (Fsp3) is 0.167. The van der Waals surface area contributed by atoms with Crippen LogP contribution in [0.1, 0.15) is 13.8 Å². The highest BCUT2D eigenvalue weighted by Crippen LogP contribution is 2.52. The molecule has 0 fully saturated rings. The summed E-state index contributed by atoms with van der Waals surface area (Å²) in [5, 5.41) is 0.796. The van der Waals surface area contributed by atoms with Crippen LogP contribution in [-0.2, 0) is 13.1 Å². The number of rotatable bonds is 2. The smallest absolute Gasteiger partial charge is 0.326 e. The van der Waals surface area contributed by atoms with Gasteiger partial charge in [0.15, 0.2) is 23.0 Å². The van der Waals surface area contributed by atoms with E-state index in [0.29, 0.717) is 71.4 Å². The van der Waals surface area contributed by atoms with E-state index >= 15 is 0 Å². The molecule has 5 aromatic rings. The molecule has 4 heterocycles. The number of aromatic amines is 2. The summed E-state index contributed by atoms with van der Waals surface area (Å²) in [6.45, 7) is 4.66. The zero-order chi connectivity index (χ0) is 27.5. The summed E-state index contributed by atoms with van der Waals surface area (Å²) in [6, 6.07) is 1.72. The minimum absolute atomic E-state index is 0.140. The van der Waals surface area contributed by atoms with E-state index in [0.717, 1.165) is 0 Å². The van der Waals surface area contributed by atoms with E-state index in [1.165, 1.54) is 0 Å². The van der Waals surface area contributed by atoms with Gasteiger partial charge in [-0.1, -0.05) is 23.2 Å². The van der Waals surface area contributed by atoms with Gasteiger partial charge in [-0.05, 0) is 67.7 Å². The second-order valence-corrected chi connectivity index (χ2v) is 11.9. The van der Waals surface area contributed by atoms with Crippen LogP contribution in [0.25, 0.3) is 22.1 Å². The van der Waals surface area contributed by atoms with Gasteiger partial charge in [0.1, 0.15) is 32.1 Å². The van der Waals surface area contributed by atoms with E-state index in [-0.39, 0.29) is 43.6 Å². The second kappa shape index (κ2) is 8.71. The molecule has 0 aliphatic carbocycles. The molecule has 0 unspecified atom stereocenters. The molecule has 39 heavy (non-hydrogen) atoms. The molecule has 0 atom stereocenters. The first kappa shape index (κ1) is 25.4. The van der Waals surface area contributed by atoms with Crippen molar-refractivity contribution in [3.05, 3.63) is 61.2 Å². The van der Waals surface area contributed by atoms with Crippen LogP contribution in [-0.4, -0.2) is 19.1 Å². The van der Waals surface area contributed by atoms with Crippen molar-refractivity contribution in [3.63, 3.8) is 0 Å². The summed E-state index contributed by atoms with van der Waals surface area (Å²) in [7, 11) is 0. The number of hydrogen-bond acceptors (Lipinski definition) is 6. The highest BCUT2D eigenvalue weighted by Gasteiger charge is 2.32. The largest absolute Gasteiger partial charge is 0.450 e. The predicted octanol–water partition coefficient (Wildman–Crippen LogP) is 6.72. The third-order valence-electron chi connectivity index (χ3n) is 6.71. The van der Waals surface area contributed by atoms with Gasteiger partial charge in [-0.15, -0.1) is 0 Å². The van der Waals surface area contributed by atoms with Crippen LogP contribution in [0.3, 0.4) is 0 Å². The average molecular weight is 760 g/mol. The van der Waals surface area contributed by atoms with Crippen LogP contribution in [0.4, 0.5) is 11.4 Å². The number of halogens is 5. The Morgan fingerprint density at radius 1 is 0.795 bits per heavy atom. The zero-order valence-electron chi connectivity index (χ0n) is 19.8. The van der Waals surface area contributed by atoms with Crippen molar-refractivity contribution in [1.82, 2.24) is 19.1 Å². The number of fused-ring (bicyclic) bond motifs is 6. The van der Waals surface area contributed by atoms with Crippen molar-refractivity contribution in [2.24, 2.45) is 9.98 Å². The number of nitrogens with one attached hydrogen (secondary N) is 2. The lowest BCUT2D eigenvalue weighted by Crippen LogP contribution is -2.22. The topological polar surface area (TPSA) is 119 Å². The van der Waals surface area contributed by atoms with Crippen LogP contribution in [0.15, 0.2) is 39.1 Å². The van der Waals surface area contributed by atoms with Crippen molar-refractivity contribution in [3.8, 4) is 23.0 Å². The number of H-pyrrole nitrogens is 2. The minimum atomic E-state index is -0.263. The number of nitrogens with zero attached hydrogens (tertiary/aromatic N) is 4. The summed E-state index contributed by atoms with van der Waals surface area (Å²) in [6.07, 6.45) is 0. The maximum atomic E-state index is 12.5. The van der Waals surface area contributed by atoms with Gasteiger partial charge in [0, 0.05) is 13.1 Å². The van der Waals surface area contributed by atoms with Crippen LogP contribution in [0, 0.1) is 0 Å². The molecule has 0 amide bonds. The molecule has 2 aliphatic heterocycles. The number of aryl methyl sites for hydroxylation is 2. The highest BCUT2D eigenvalue weighted by atomic mass is 79.9. The van der Waals surface area contributed by atoms with Crippen molar-refractivity contribution in [2.45, 2.75) is 26.9 Å². The Labute approximate surface area is 252 Å². The van der Waals surface area contributed by atoms with Crippen LogP contribution in [0.2, 0.25) is 10.0 Å². The molecule has 15 heteroatoms. The quantitative estimate of drug-likeness (QED) is 0.204. The second-order valence-electron chi connectivity index (χ2n) is 8.72. The first-order chi connectivity index (χ1) is 18.7. The summed E-state index contributed by atoms with van der Waals surface area (Å²) in [5.41, 5.74) is 2.77. The summed E-state index contributed by atoms with van der Waals surface area (Å²) < 4.78 is 17.4. The lowest BCUT2D eigenvalue weighted by Gasteiger charge is -2.23. The van der Waals surface area contributed by atoms with E-state index in [4.69, 9.17) is 42.7 Å². The molecule has 0 radical (unpaired) electrons. The fourth-order valence-electron chi connectivity index (χ4n) is 4.96. The number of aromatic nitrogens is 4. The number of hydrogen-bond donors (Lipinski definition) is 2. The summed E-state index contributed by atoms with van der Waals surface area (Å²) >= 11 is 24.5. The third-order valence-corrected chi connectivity index (χ3v) is 9.65. The number of ether oxygens (including phenoxy) is 2. The van der Waals surface area contributed by atoms with Gasteiger partial charge in [-0.25, -0.2) is 19.6 Å². The Balaban J connectivity index is 1.52. The van der Waals surface area contributed by atoms with E-state index in [1.54, 1.807) is 15.2 Å². The van der Waals surface area contributed by atoms with Gasteiger partial charge in [0.25, 0.3) is 0 Å². The molecular weight excluding hydrogens is 747 g/mol.